The number of alkyl halides is 3. The van der Waals surface area contributed by atoms with Crippen molar-refractivity contribution < 1.29 is 17.9 Å². The SMILES string of the molecule is CCc1ccccc1Oc1cc(C(F)(F)F)ncc1N. The van der Waals surface area contributed by atoms with Gasteiger partial charge in [0.1, 0.15) is 11.4 Å². The number of halogens is 3. The molecule has 0 aliphatic heterocycles. The van der Waals surface area contributed by atoms with Crippen LogP contribution in [-0.2, 0) is 12.6 Å². The number of hydrogen-bond acceptors (Lipinski definition) is 3. The number of anilines is 1. The van der Waals surface area contributed by atoms with Crippen LogP contribution in [0.3, 0.4) is 0 Å². The summed E-state index contributed by atoms with van der Waals surface area (Å²) in [5, 5.41) is 0. The quantitative estimate of drug-likeness (QED) is 0.924. The number of nitrogens with zero attached hydrogens (tertiary/aromatic N) is 1. The van der Waals surface area contributed by atoms with Crippen molar-refractivity contribution in [1.29, 1.82) is 0 Å². The molecule has 0 aliphatic carbocycles. The van der Waals surface area contributed by atoms with E-state index in [-0.39, 0.29) is 11.4 Å². The van der Waals surface area contributed by atoms with Crippen molar-refractivity contribution >= 4 is 5.69 Å². The van der Waals surface area contributed by atoms with E-state index in [1.54, 1.807) is 12.1 Å². The van der Waals surface area contributed by atoms with Gasteiger partial charge in [0.15, 0.2) is 5.75 Å². The number of pyridine rings is 1. The number of benzene rings is 1. The number of nitrogen functional groups attached to an aromatic ring is 1. The highest BCUT2D eigenvalue weighted by atomic mass is 19.4. The molecule has 106 valence electrons. The first-order valence-electron chi connectivity index (χ1n) is 6.00. The van der Waals surface area contributed by atoms with Crippen LogP contribution in [0.2, 0.25) is 0 Å². The molecule has 0 fully saturated rings. The molecule has 0 radical (unpaired) electrons. The Morgan fingerprint density at radius 1 is 1.20 bits per heavy atom. The maximum Gasteiger partial charge on any atom is 0.433 e. The summed E-state index contributed by atoms with van der Waals surface area (Å²) in [5.74, 6) is 0.439. The molecule has 0 spiro atoms. The lowest BCUT2D eigenvalue weighted by atomic mass is 10.1. The van der Waals surface area contributed by atoms with E-state index in [4.69, 9.17) is 10.5 Å². The summed E-state index contributed by atoms with van der Waals surface area (Å²) in [5.41, 5.74) is 5.53. The number of nitrogens with two attached hydrogens (primary N) is 1. The lowest BCUT2D eigenvalue weighted by Crippen LogP contribution is -2.09. The van der Waals surface area contributed by atoms with Gasteiger partial charge in [-0.2, -0.15) is 13.2 Å². The van der Waals surface area contributed by atoms with Crippen molar-refractivity contribution in [2.75, 3.05) is 5.73 Å². The van der Waals surface area contributed by atoms with Gasteiger partial charge >= 0.3 is 6.18 Å². The second-order valence-electron chi connectivity index (χ2n) is 4.17. The molecule has 0 amide bonds. The molecule has 20 heavy (non-hydrogen) atoms. The van der Waals surface area contributed by atoms with Gasteiger partial charge in [-0.3, -0.25) is 0 Å². The first-order chi connectivity index (χ1) is 9.41. The van der Waals surface area contributed by atoms with E-state index in [1.165, 1.54) is 0 Å². The Morgan fingerprint density at radius 3 is 2.55 bits per heavy atom. The minimum atomic E-state index is -4.53. The van der Waals surface area contributed by atoms with Crippen LogP contribution in [0.5, 0.6) is 11.5 Å². The third kappa shape index (κ3) is 3.01. The highest BCUT2D eigenvalue weighted by Gasteiger charge is 2.33. The van der Waals surface area contributed by atoms with Gasteiger partial charge in [-0.25, -0.2) is 4.98 Å². The number of ether oxygens (including phenoxy) is 1. The smallest absolute Gasteiger partial charge is 0.433 e. The van der Waals surface area contributed by atoms with Crippen molar-refractivity contribution in [3.8, 4) is 11.5 Å². The topological polar surface area (TPSA) is 48.1 Å². The molecule has 1 heterocycles. The van der Waals surface area contributed by atoms with Gasteiger partial charge in [-0.05, 0) is 18.1 Å². The Hall–Kier alpha value is -2.24. The fourth-order valence-electron chi connectivity index (χ4n) is 1.70. The number of hydrogen-bond donors (Lipinski definition) is 1. The predicted octanol–water partition coefficient (Wildman–Crippen LogP) is 4.04. The Bertz CT molecular complexity index is 612. The highest BCUT2D eigenvalue weighted by Crippen LogP contribution is 2.35. The molecular formula is C14H13F3N2O. The summed E-state index contributed by atoms with van der Waals surface area (Å²) in [6.45, 7) is 1.93. The van der Waals surface area contributed by atoms with E-state index in [0.717, 1.165) is 17.8 Å². The molecule has 2 rings (SSSR count). The van der Waals surface area contributed by atoms with Gasteiger partial charge in [-0.15, -0.1) is 0 Å². The molecule has 1 aromatic heterocycles. The van der Waals surface area contributed by atoms with Crippen LogP contribution in [-0.4, -0.2) is 4.98 Å². The molecule has 0 saturated heterocycles. The van der Waals surface area contributed by atoms with Crippen LogP contribution < -0.4 is 10.5 Å². The molecule has 0 aliphatic rings. The lowest BCUT2D eigenvalue weighted by molar-refractivity contribution is -0.141. The maximum atomic E-state index is 12.6. The predicted molar refractivity (Wildman–Crippen MR) is 69.5 cm³/mol. The van der Waals surface area contributed by atoms with Crippen molar-refractivity contribution in [3.05, 3.63) is 47.8 Å². The summed E-state index contributed by atoms with van der Waals surface area (Å²) in [6.07, 6.45) is -2.88. The zero-order valence-electron chi connectivity index (χ0n) is 10.7. The number of aryl methyl sites for hydroxylation is 1. The third-order valence-corrected chi connectivity index (χ3v) is 2.76. The van der Waals surface area contributed by atoms with Gasteiger partial charge in [-0.1, -0.05) is 25.1 Å². The van der Waals surface area contributed by atoms with E-state index < -0.39 is 11.9 Å². The minimum Gasteiger partial charge on any atom is -0.455 e. The van der Waals surface area contributed by atoms with E-state index >= 15 is 0 Å². The van der Waals surface area contributed by atoms with Crippen LogP contribution in [0.4, 0.5) is 18.9 Å². The second-order valence-corrected chi connectivity index (χ2v) is 4.17. The zero-order chi connectivity index (χ0) is 14.8. The monoisotopic (exact) mass is 282 g/mol. The van der Waals surface area contributed by atoms with Gasteiger partial charge in [0, 0.05) is 6.07 Å². The number of aromatic nitrogens is 1. The van der Waals surface area contributed by atoms with Crippen molar-refractivity contribution in [2.45, 2.75) is 19.5 Å². The maximum absolute atomic E-state index is 12.6. The molecule has 1 aromatic carbocycles. The summed E-state index contributed by atoms with van der Waals surface area (Å²) in [4.78, 5) is 3.26. The standard InChI is InChI=1S/C14H13F3N2O/c1-2-9-5-3-4-6-11(9)20-12-7-13(14(15,16)17)19-8-10(12)18/h3-8H,2,18H2,1H3. The summed E-state index contributed by atoms with van der Waals surface area (Å²) >= 11 is 0. The number of para-hydroxylation sites is 1. The molecule has 2 N–H and O–H groups in total. The van der Waals surface area contributed by atoms with E-state index in [9.17, 15) is 13.2 Å². The van der Waals surface area contributed by atoms with E-state index in [2.05, 4.69) is 4.98 Å². The molecule has 6 heteroatoms. The normalized spacial score (nSPS) is 11.4. The first kappa shape index (κ1) is 14.2. The van der Waals surface area contributed by atoms with Crippen molar-refractivity contribution in [1.82, 2.24) is 4.98 Å². The minimum absolute atomic E-state index is 0.0479. The van der Waals surface area contributed by atoms with Crippen molar-refractivity contribution in [2.24, 2.45) is 0 Å². The fourth-order valence-corrected chi connectivity index (χ4v) is 1.70. The summed E-state index contributed by atoms with van der Waals surface area (Å²) in [6, 6.07) is 7.92. The largest absolute Gasteiger partial charge is 0.455 e. The molecule has 2 aromatic rings. The molecular weight excluding hydrogens is 269 g/mol. The first-order valence-corrected chi connectivity index (χ1v) is 6.00. The Morgan fingerprint density at radius 2 is 1.90 bits per heavy atom. The average molecular weight is 282 g/mol. The van der Waals surface area contributed by atoms with Gasteiger partial charge in [0.2, 0.25) is 0 Å². The van der Waals surface area contributed by atoms with Crippen LogP contribution in [0.25, 0.3) is 0 Å². The third-order valence-electron chi connectivity index (χ3n) is 2.76. The van der Waals surface area contributed by atoms with Gasteiger partial charge < -0.3 is 10.5 Å². The summed E-state index contributed by atoms with van der Waals surface area (Å²) in [7, 11) is 0. The fraction of sp³-hybridized carbons (Fsp3) is 0.214. The average Bonchev–Trinajstić information content (AvgIpc) is 2.40. The van der Waals surface area contributed by atoms with Crippen LogP contribution >= 0.6 is 0 Å². The van der Waals surface area contributed by atoms with Crippen LogP contribution in [0, 0.1) is 0 Å². The lowest BCUT2D eigenvalue weighted by Gasteiger charge is -2.13. The summed E-state index contributed by atoms with van der Waals surface area (Å²) < 4.78 is 43.4. The highest BCUT2D eigenvalue weighted by molar-refractivity contribution is 5.53. The Kier molecular flexibility index (Phi) is 3.83. The number of rotatable bonds is 3. The molecule has 0 atom stereocenters. The Labute approximate surface area is 114 Å². The van der Waals surface area contributed by atoms with E-state index in [1.807, 2.05) is 19.1 Å². The van der Waals surface area contributed by atoms with Crippen LogP contribution in [0.1, 0.15) is 18.2 Å². The second kappa shape index (κ2) is 5.40. The molecule has 0 unspecified atom stereocenters. The molecule has 0 saturated carbocycles. The van der Waals surface area contributed by atoms with Crippen molar-refractivity contribution in [3.63, 3.8) is 0 Å². The van der Waals surface area contributed by atoms with Gasteiger partial charge in [0.25, 0.3) is 0 Å². The molecule has 0 bridgehead atoms. The molecule has 3 nitrogen and oxygen atoms in total. The Balaban J connectivity index is 2.38. The van der Waals surface area contributed by atoms with Gasteiger partial charge in [0.05, 0.1) is 11.9 Å². The zero-order valence-corrected chi connectivity index (χ0v) is 10.7. The van der Waals surface area contributed by atoms with E-state index in [0.29, 0.717) is 12.2 Å². The van der Waals surface area contributed by atoms with Crippen LogP contribution in [0.15, 0.2) is 36.5 Å².